The van der Waals surface area contributed by atoms with Gasteiger partial charge in [-0.2, -0.15) is 0 Å². The standard InChI is InChI=1S/C8H6ClF3N2OS/c9-5-3-4(15-8(10,11)12)1-2-6(5)14-7(13)16/h1-3H,(H3,13,14,16). The second-order valence-corrected chi connectivity index (χ2v) is 3.53. The van der Waals surface area contributed by atoms with E-state index < -0.39 is 12.1 Å². The molecule has 0 amide bonds. The summed E-state index contributed by atoms with van der Waals surface area (Å²) in [5, 5.41) is 2.49. The largest absolute Gasteiger partial charge is 0.573 e. The van der Waals surface area contributed by atoms with Gasteiger partial charge >= 0.3 is 6.36 Å². The lowest BCUT2D eigenvalue weighted by Gasteiger charge is -2.11. The van der Waals surface area contributed by atoms with Crippen LogP contribution in [0.3, 0.4) is 0 Å². The van der Waals surface area contributed by atoms with E-state index in [0.717, 1.165) is 12.1 Å². The van der Waals surface area contributed by atoms with Crippen molar-refractivity contribution in [1.29, 1.82) is 0 Å². The first kappa shape index (κ1) is 12.9. The molecule has 1 rings (SSSR count). The second-order valence-electron chi connectivity index (χ2n) is 2.68. The molecule has 0 aliphatic heterocycles. The number of ether oxygens (including phenoxy) is 1. The number of benzene rings is 1. The van der Waals surface area contributed by atoms with E-state index in [-0.39, 0.29) is 10.1 Å². The highest BCUT2D eigenvalue weighted by atomic mass is 35.5. The number of thiocarbonyl (C=S) groups is 1. The Kier molecular flexibility index (Phi) is 3.82. The summed E-state index contributed by atoms with van der Waals surface area (Å²) < 4.78 is 39.3. The van der Waals surface area contributed by atoms with Crippen LogP contribution in [-0.4, -0.2) is 11.5 Å². The monoisotopic (exact) mass is 270 g/mol. The molecule has 0 unspecified atom stereocenters. The second kappa shape index (κ2) is 4.75. The van der Waals surface area contributed by atoms with Gasteiger partial charge in [-0.15, -0.1) is 13.2 Å². The molecule has 0 aromatic heterocycles. The molecule has 0 heterocycles. The zero-order valence-corrected chi connectivity index (χ0v) is 9.21. The highest BCUT2D eigenvalue weighted by Gasteiger charge is 2.31. The minimum Gasteiger partial charge on any atom is -0.406 e. The van der Waals surface area contributed by atoms with E-state index in [2.05, 4.69) is 22.3 Å². The summed E-state index contributed by atoms with van der Waals surface area (Å²) in [6.45, 7) is 0. The van der Waals surface area contributed by atoms with Crippen LogP contribution in [0.15, 0.2) is 18.2 Å². The zero-order valence-electron chi connectivity index (χ0n) is 7.64. The minimum atomic E-state index is -4.75. The first-order valence-corrected chi connectivity index (χ1v) is 4.68. The quantitative estimate of drug-likeness (QED) is 0.811. The van der Waals surface area contributed by atoms with E-state index in [9.17, 15) is 13.2 Å². The molecule has 16 heavy (non-hydrogen) atoms. The molecule has 3 nitrogen and oxygen atoms in total. The Morgan fingerprint density at radius 1 is 1.44 bits per heavy atom. The predicted molar refractivity (Wildman–Crippen MR) is 58.5 cm³/mol. The molecule has 1 aromatic rings. The van der Waals surface area contributed by atoms with Gasteiger partial charge in [0, 0.05) is 6.07 Å². The zero-order chi connectivity index (χ0) is 12.3. The van der Waals surface area contributed by atoms with Gasteiger partial charge in [0.05, 0.1) is 10.7 Å². The lowest BCUT2D eigenvalue weighted by molar-refractivity contribution is -0.274. The number of rotatable bonds is 2. The summed E-state index contributed by atoms with van der Waals surface area (Å²) in [6, 6.07) is 3.39. The van der Waals surface area contributed by atoms with Crippen LogP contribution in [0.1, 0.15) is 0 Å². The van der Waals surface area contributed by atoms with Crippen molar-refractivity contribution in [3.05, 3.63) is 23.2 Å². The van der Waals surface area contributed by atoms with Crippen LogP contribution >= 0.6 is 23.8 Å². The van der Waals surface area contributed by atoms with Crippen molar-refractivity contribution in [2.75, 3.05) is 5.32 Å². The van der Waals surface area contributed by atoms with Gasteiger partial charge in [0.1, 0.15) is 5.75 Å². The molecule has 88 valence electrons. The Morgan fingerprint density at radius 2 is 2.06 bits per heavy atom. The molecule has 0 radical (unpaired) electrons. The Labute approximate surface area is 99.3 Å². The molecule has 0 spiro atoms. The normalized spacial score (nSPS) is 11.0. The summed E-state index contributed by atoms with van der Waals surface area (Å²) in [6.07, 6.45) is -4.75. The summed E-state index contributed by atoms with van der Waals surface area (Å²) >= 11 is 10.2. The van der Waals surface area contributed by atoms with Gasteiger partial charge in [-0.25, -0.2) is 0 Å². The summed E-state index contributed by atoms with van der Waals surface area (Å²) in [4.78, 5) is 0. The SMILES string of the molecule is NC(=S)Nc1ccc(OC(F)(F)F)cc1Cl. The molecule has 0 fully saturated rings. The van der Waals surface area contributed by atoms with Crippen molar-refractivity contribution in [1.82, 2.24) is 0 Å². The highest BCUT2D eigenvalue weighted by Crippen LogP contribution is 2.30. The maximum absolute atomic E-state index is 11.9. The van der Waals surface area contributed by atoms with E-state index in [1.165, 1.54) is 6.07 Å². The van der Waals surface area contributed by atoms with Gasteiger partial charge in [0.25, 0.3) is 0 Å². The van der Waals surface area contributed by atoms with E-state index in [1.54, 1.807) is 0 Å². The third-order valence-corrected chi connectivity index (χ3v) is 1.85. The first-order chi connectivity index (χ1) is 7.28. The predicted octanol–water partition coefficient (Wildman–Crippen LogP) is 2.89. The molecule has 0 atom stereocenters. The van der Waals surface area contributed by atoms with Crippen LogP contribution < -0.4 is 15.8 Å². The number of hydrogen-bond acceptors (Lipinski definition) is 2. The summed E-state index contributed by atoms with van der Waals surface area (Å²) in [5.41, 5.74) is 5.49. The molecule has 1 aromatic carbocycles. The average Bonchev–Trinajstić information content (AvgIpc) is 2.06. The number of anilines is 1. The average molecular weight is 271 g/mol. The number of nitrogens with one attached hydrogen (secondary N) is 1. The van der Waals surface area contributed by atoms with Crippen LogP contribution in [0, 0.1) is 0 Å². The molecule has 3 N–H and O–H groups in total. The van der Waals surface area contributed by atoms with Gasteiger partial charge in [0.15, 0.2) is 5.11 Å². The Bertz CT molecular complexity index is 411. The fourth-order valence-electron chi connectivity index (χ4n) is 0.927. The molecule has 0 aliphatic carbocycles. The van der Waals surface area contributed by atoms with Crippen molar-refractivity contribution < 1.29 is 17.9 Å². The first-order valence-electron chi connectivity index (χ1n) is 3.90. The molecule has 8 heteroatoms. The smallest absolute Gasteiger partial charge is 0.406 e. The van der Waals surface area contributed by atoms with E-state index in [1.807, 2.05) is 0 Å². The van der Waals surface area contributed by atoms with Crippen molar-refractivity contribution in [2.24, 2.45) is 5.73 Å². The Morgan fingerprint density at radius 3 is 2.50 bits per heavy atom. The van der Waals surface area contributed by atoms with Gasteiger partial charge in [-0.05, 0) is 24.4 Å². The van der Waals surface area contributed by atoms with Crippen LogP contribution in [0.4, 0.5) is 18.9 Å². The lowest BCUT2D eigenvalue weighted by atomic mass is 10.3. The van der Waals surface area contributed by atoms with Crippen molar-refractivity contribution >= 4 is 34.6 Å². The van der Waals surface area contributed by atoms with Crippen LogP contribution in [0.25, 0.3) is 0 Å². The number of halogens is 4. The van der Waals surface area contributed by atoms with Crippen LogP contribution in [0.5, 0.6) is 5.75 Å². The van der Waals surface area contributed by atoms with Crippen molar-refractivity contribution in [2.45, 2.75) is 6.36 Å². The lowest BCUT2D eigenvalue weighted by Crippen LogP contribution is -2.19. The van der Waals surface area contributed by atoms with Gasteiger partial charge < -0.3 is 15.8 Å². The maximum atomic E-state index is 11.9. The summed E-state index contributed by atoms with van der Waals surface area (Å²) in [7, 11) is 0. The Balaban J connectivity index is 2.87. The molecule has 0 saturated carbocycles. The fourth-order valence-corrected chi connectivity index (χ4v) is 1.25. The van der Waals surface area contributed by atoms with E-state index in [0.29, 0.717) is 5.69 Å². The van der Waals surface area contributed by atoms with E-state index >= 15 is 0 Å². The molecule has 0 bridgehead atoms. The highest BCUT2D eigenvalue weighted by molar-refractivity contribution is 7.80. The maximum Gasteiger partial charge on any atom is 0.573 e. The topological polar surface area (TPSA) is 47.3 Å². The molecular formula is C8H6ClF3N2OS. The van der Waals surface area contributed by atoms with Crippen molar-refractivity contribution in [3.8, 4) is 5.75 Å². The number of nitrogens with two attached hydrogens (primary N) is 1. The van der Waals surface area contributed by atoms with Crippen molar-refractivity contribution in [3.63, 3.8) is 0 Å². The fraction of sp³-hybridized carbons (Fsp3) is 0.125. The third-order valence-electron chi connectivity index (χ3n) is 1.43. The van der Waals surface area contributed by atoms with Gasteiger partial charge in [-0.1, -0.05) is 11.6 Å². The summed E-state index contributed by atoms with van der Waals surface area (Å²) in [5.74, 6) is -0.411. The van der Waals surface area contributed by atoms with Crippen LogP contribution in [0.2, 0.25) is 5.02 Å². The van der Waals surface area contributed by atoms with Crippen LogP contribution in [-0.2, 0) is 0 Å². The van der Waals surface area contributed by atoms with Gasteiger partial charge in [0.2, 0.25) is 0 Å². The Hall–Kier alpha value is -1.21. The van der Waals surface area contributed by atoms with Gasteiger partial charge in [-0.3, -0.25) is 0 Å². The third kappa shape index (κ3) is 4.11. The number of hydrogen-bond donors (Lipinski definition) is 2. The van der Waals surface area contributed by atoms with E-state index in [4.69, 9.17) is 17.3 Å². The molecular weight excluding hydrogens is 265 g/mol. The number of alkyl halides is 3. The minimum absolute atomic E-state index is 0.0227. The molecule has 0 saturated heterocycles. The molecule has 0 aliphatic rings.